The van der Waals surface area contributed by atoms with Crippen molar-refractivity contribution >= 4 is 41.4 Å². The van der Waals surface area contributed by atoms with Crippen LogP contribution in [0.3, 0.4) is 0 Å². The fourth-order valence-corrected chi connectivity index (χ4v) is 7.18. The number of likely N-dealkylation sites (tertiary alicyclic amines) is 1. The van der Waals surface area contributed by atoms with E-state index in [1.165, 1.54) is 23.6 Å². The van der Waals surface area contributed by atoms with Crippen LogP contribution in [0.2, 0.25) is 0 Å². The summed E-state index contributed by atoms with van der Waals surface area (Å²) in [5.41, 5.74) is 0.0946. The first-order valence-corrected chi connectivity index (χ1v) is 15.0. The van der Waals surface area contributed by atoms with Crippen LogP contribution in [0, 0.1) is 5.41 Å². The van der Waals surface area contributed by atoms with Gasteiger partial charge in [0.15, 0.2) is 0 Å². The Morgan fingerprint density at radius 1 is 1.07 bits per heavy atom. The van der Waals surface area contributed by atoms with Gasteiger partial charge in [0.2, 0.25) is 23.6 Å². The van der Waals surface area contributed by atoms with E-state index in [2.05, 4.69) is 16.0 Å². The minimum Gasteiger partial charge on any atom is -0.508 e. The first kappa shape index (κ1) is 29.7. The number of aliphatic carboxylic acids is 1. The molecule has 3 fully saturated rings. The lowest BCUT2D eigenvalue weighted by Crippen LogP contribution is -2.54. The Hall–Kier alpha value is -3.28. The van der Waals surface area contributed by atoms with Crippen molar-refractivity contribution in [3.63, 3.8) is 0 Å². The van der Waals surface area contributed by atoms with Crippen LogP contribution in [0.1, 0.15) is 63.4 Å². The van der Waals surface area contributed by atoms with E-state index in [1.54, 1.807) is 24.3 Å². The monoisotopic (exact) mass is 574 g/mol. The number of carboxylic acids is 1. The number of nitrogens with one attached hydrogen (secondary N) is 3. The van der Waals surface area contributed by atoms with Crippen molar-refractivity contribution in [2.45, 2.75) is 75.9 Å². The van der Waals surface area contributed by atoms with Gasteiger partial charge in [-0.05, 0) is 55.6 Å². The number of phenolic OH excluding ortho intramolecular Hbond substituents is 1. The number of hydrogen-bond acceptors (Lipinski definition) is 7. The van der Waals surface area contributed by atoms with E-state index >= 15 is 0 Å². The Kier molecular flexibility index (Phi) is 9.60. The summed E-state index contributed by atoms with van der Waals surface area (Å²) in [5.74, 6) is -2.10. The number of phenols is 1. The molecule has 1 saturated carbocycles. The van der Waals surface area contributed by atoms with Gasteiger partial charge >= 0.3 is 5.97 Å². The molecule has 1 spiro atoms. The number of aromatic hydroxyl groups is 1. The molecule has 0 radical (unpaired) electrons. The molecule has 2 aliphatic heterocycles. The molecule has 3 aliphatic rings. The molecule has 12 heteroatoms. The Morgan fingerprint density at radius 2 is 1.77 bits per heavy atom. The SMILES string of the molecule is CC(=O)N1CC[C@H](c2ccc(O)cc2)[C@H]1C(=O)NC1CCSC[C@@H](C(=O)O)NC(=O)C2(CCCC2)CCNC1=O. The molecule has 40 heavy (non-hydrogen) atoms. The summed E-state index contributed by atoms with van der Waals surface area (Å²) in [6.07, 6.45) is 4.20. The average molecular weight is 575 g/mol. The third-order valence-electron chi connectivity index (χ3n) is 8.41. The maximum absolute atomic E-state index is 13.7. The van der Waals surface area contributed by atoms with Gasteiger partial charge in [-0.2, -0.15) is 11.8 Å². The highest BCUT2D eigenvalue weighted by Gasteiger charge is 2.44. The van der Waals surface area contributed by atoms with Gasteiger partial charge in [-0.1, -0.05) is 25.0 Å². The van der Waals surface area contributed by atoms with Crippen molar-refractivity contribution < 1.29 is 34.2 Å². The fourth-order valence-electron chi connectivity index (χ4n) is 6.15. The van der Waals surface area contributed by atoms with Crippen molar-refractivity contribution in [2.24, 2.45) is 5.41 Å². The maximum Gasteiger partial charge on any atom is 0.327 e. The van der Waals surface area contributed by atoms with E-state index in [0.717, 1.165) is 18.4 Å². The molecule has 4 amide bonds. The Labute approximate surface area is 237 Å². The molecular formula is C28H38N4O7S. The molecule has 4 rings (SSSR count). The van der Waals surface area contributed by atoms with Crippen molar-refractivity contribution in [2.75, 3.05) is 24.6 Å². The van der Waals surface area contributed by atoms with Crippen LogP contribution >= 0.6 is 11.8 Å². The van der Waals surface area contributed by atoms with E-state index in [-0.39, 0.29) is 48.1 Å². The van der Waals surface area contributed by atoms with Crippen LogP contribution in [0.25, 0.3) is 0 Å². The minimum atomic E-state index is -1.10. The zero-order valence-electron chi connectivity index (χ0n) is 22.7. The smallest absolute Gasteiger partial charge is 0.327 e. The van der Waals surface area contributed by atoms with Gasteiger partial charge in [-0.3, -0.25) is 19.2 Å². The van der Waals surface area contributed by atoms with Crippen LogP contribution < -0.4 is 16.0 Å². The lowest BCUT2D eigenvalue weighted by atomic mass is 9.81. The summed E-state index contributed by atoms with van der Waals surface area (Å²) in [4.78, 5) is 65.9. The van der Waals surface area contributed by atoms with Gasteiger partial charge in [-0.25, -0.2) is 4.79 Å². The van der Waals surface area contributed by atoms with Crippen LogP contribution in [-0.2, 0) is 24.0 Å². The predicted molar refractivity (Wildman–Crippen MR) is 149 cm³/mol. The molecule has 1 unspecified atom stereocenters. The zero-order valence-corrected chi connectivity index (χ0v) is 23.5. The number of carbonyl (C=O) groups excluding carboxylic acids is 4. The van der Waals surface area contributed by atoms with Crippen LogP contribution in [-0.4, -0.2) is 87.4 Å². The quantitative estimate of drug-likeness (QED) is 0.360. The maximum atomic E-state index is 13.7. The molecule has 2 heterocycles. The van der Waals surface area contributed by atoms with Crippen LogP contribution in [0.4, 0.5) is 0 Å². The largest absolute Gasteiger partial charge is 0.508 e. The third-order valence-corrected chi connectivity index (χ3v) is 9.50. The second-order valence-corrected chi connectivity index (χ2v) is 12.1. The summed E-state index contributed by atoms with van der Waals surface area (Å²) in [6, 6.07) is 3.82. The number of thioether (sulfide) groups is 1. The van der Waals surface area contributed by atoms with Gasteiger partial charge in [0.25, 0.3) is 0 Å². The van der Waals surface area contributed by atoms with E-state index < -0.39 is 35.4 Å². The number of benzene rings is 1. The highest BCUT2D eigenvalue weighted by atomic mass is 32.2. The highest BCUT2D eigenvalue weighted by molar-refractivity contribution is 7.99. The molecular weight excluding hydrogens is 536 g/mol. The van der Waals surface area contributed by atoms with E-state index in [1.807, 2.05) is 0 Å². The Bertz CT molecular complexity index is 1120. The molecule has 1 aromatic rings. The predicted octanol–water partition coefficient (Wildman–Crippen LogP) is 1.35. The van der Waals surface area contributed by atoms with Gasteiger partial charge in [-0.15, -0.1) is 0 Å². The van der Waals surface area contributed by atoms with Gasteiger partial charge in [0.05, 0.1) is 5.41 Å². The topological polar surface area (TPSA) is 165 Å². The number of carboxylic acid groups (broad SMARTS) is 1. The lowest BCUT2D eigenvalue weighted by molar-refractivity contribution is -0.143. The number of nitrogens with zero attached hydrogens (tertiary/aromatic N) is 1. The third kappa shape index (κ3) is 6.71. The number of carbonyl (C=O) groups is 5. The van der Waals surface area contributed by atoms with Crippen molar-refractivity contribution in [1.29, 1.82) is 0 Å². The Morgan fingerprint density at radius 3 is 2.42 bits per heavy atom. The molecule has 5 N–H and O–H groups in total. The molecule has 0 aromatic heterocycles. The standard InChI is InChI=1S/C28H38N4O7S/c1-17(33)32-14-8-20(18-4-6-19(34)7-5-18)23(32)25(36)30-21-9-15-40-16-22(26(37)38)31-27(39)28(10-2-3-11-28)12-13-29-24(21)35/h4-7,20-23,34H,2-3,8-16H2,1H3,(H,29,35)(H,30,36)(H,31,39)(H,37,38)/t20-,21?,22+,23+/m1/s1. The van der Waals surface area contributed by atoms with Crippen molar-refractivity contribution in [3.05, 3.63) is 29.8 Å². The minimum absolute atomic E-state index is 0.103. The van der Waals surface area contributed by atoms with Crippen LogP contribution in [0.5, 0.6) is 5.75 Å². The van der Waals surface area contributed by atoms with Gasteiger partial charge in [0, 0.05) is 31.7 Å². The highest BCUT2D eigenvalue weighted by Crippen LogP contribution is 2.41. The van der Waals surface area contributed by atoms with E-state index in [4.69, 9.17) is 0 Å². The van der Waals surface area contributed by atoms with E-state index in [9.17, 15) is 34.2 Å². The van der Waals surface area contributed by atoms with Gasteiger partial charge in [0.1, 0.15) is 23.9 Å². The summed E-state index contributed by atoms with van der Waals surface area (Å²) >= 11 is 1.30. The summed E-state index contributed by atoms with van der Waals surface area (Å²) in [6.45, 7) is 2.03. The van der Waals surface area contributed by atoms with E-state index in [0.29, 0.717) is 38.0 Å². The molecule has 1 aromatic carbocycles. The van der Waals surface area contributed by atoms with Gasteiger partial charge < -0.3 is 31.1 Å². The molecule has 1 aliphatic carbocycles. The Balaban J connectivity index is 1.52. The molecule has 0 bridgehead atoms. The fraction of sp³-hybridized carbons (Fsp3) is 0.607. The second kappa shape index (κ2) is 12.9. The molecule has 2 saturated heterocycles. The summed E-state index contributed by atoms with van der Waals surface area (Å²) < 4.78 is 0. The number of hydrogen-bond donors (Lipinski definition) is 5. The molecule has 4 atom stereocenters. The zero-order chi connectivity index (χ0) is 28.9. The number of amides is 4. The number of rotatable bonds is 4. The molecule has 11 nitrogen and oxygen atoms in total. The van der Waals surface area contributed by atoms with Crippen molar-refractivity contribution in [1.82, 2.24) is 20.9 Å². The molecule has 218 valence electrons. The first-order valence-electron chi connectivity index (χ1n) is 13.9. The van der Waals surface area contributed by atoms with Crippen molar-refractivity contribution in [3.8, 4) is 5.75 Å². The average Bonchev–Trinajstić information content (AvgIpc) is 3.58. The normalized spacial score (nSPS) is 27.6. The first-order chi connectivity index (χ1) is 19.1. The summed E-state index contributed by atoms with van der Waals surface area (Å²) in [7, 11) is 0. The van der Waals surface area contributed by atoms with Crippen LogP contribution in [0.15, 0.2) is 24.3 Å². The second-order valence-electron chi connectivity index (χ2n) is 11.0. The summed E-state index contributed by atoms with van der Waals surface area (Å²) in [5, 5.41) is 27.9. The lowest BCUT2D eigenvalue weighted by Gasteiger charge is -2.30.